The molecule has 0 aliphatic heterocycles. The number of benzene rings is 1. The summed E-state index contributed by atoms with van der Waals surface area (Å²) in [7, 11) is 1.59. The Morgan fingerprint density at radius 1 is 1.56 bits per heavy atom. The van der Waals surface area contributed by atoms with Crippen LogP contribution in [0.3, 0.4) is 0 Å². The van der Waals surface area contributed by atoms with Gasteiger partial charge in [0.15, 0.2) is 5.82 Å². The Labute approximate surface area is 105 Å². The van der Waals surface area contributed by atoms with Crippen LogP contribution < -0.4 is 10.6 Å². The number of aromatic nitrogens is 3. The largest absolute Gasteiger partial charge is 0.496 e. The van der Waals surface area contributed by atoms with Crippen LogP contribution in [0.4, 0.5) is 0 Å². The molecule has 3 N–H and O–H groups in total. The van der Waals surface area contributed by atoms with E-state index in [0.717, 1.165) is 10.0 Å². The normalized spacial score (nSPS) is 10.4. The van der Waals surface area contributed by atoms with Gasteiger partial charge < -0.3 is 10.6 Å². The minimum atomic E-state index is 0.358. The molecule has 1 aromatic heterocycles. The molecule has 1 aromatic carbocycles. The van der Waals surface area contributed by atoms with E-state index < -0.39 is 0 Å². The molecule has 0 aliphatic carbocycles. The molecule has 0 spiro atoms. The maximum Gasteiger partial charge on any atom is 0.214 e. The third-order valence-corrected chi connectivity index (χ3v) is 2.89. The molecule has 1 heterocycles. The lowest BCUT2D eigenvalue weighted by molar-refractivity contribution is 0.416. The number of nitrogens with zero attached hydrogens (tertiary/aromatic N) is 2. The summed E-state index contributed by atoms with van der Waals surface area (Å²) in [5, 5.41) is 6.68. The van der Waals surface area contributed by atoms with E-state index in [1.807, 2.05) is 18.2 Å². The first-order chi connectivity index (χ1) is 7.63. The van der Waals surface area contributed by atoms with Gasteiger partial charge in [-0.2, -0.15) is 5.10 Å². The molecule has 0 unspecified atom stereocenters. The summed E-state index contributed by atoms with van der Waals surface area (Å²) in [5.41, 5.74) is 0.770. The topological polar surface area (TPSA) is 68.9 Å². The number of aromatic amines is 1. The van der Waals surface area contributed by atoms with Crippen LogP contribution in [0.25, 0.3) is 11.4 Å². The molecular weight excluding hydrogens is 292 g/mol. The van der Waals surface area contributed by atoms with Crippen molar-refractivity contribution in [1.29, 1.82) is 0 Å². The fourth-order valence-electron chi connectivity index (χ4n) is 1.35. The van der Waals surface area contributed by atoms with Gasteiger partial charge in [0.1, 0.15) is 5.75 Å². The SMILES string of the molecule is COc1ccc(Br)cc1-c1n[nH]c(=S)n1N. The number of H-pyrrole nitrogens is 1. The van der Waals surface area contributed by atoms with Crippen molar-refractivity contribution in [3.63, 3.8) is 0 Å². The molecular formula is C9H9BrN4OS. The molecule has 0 saturated carbocycles. The quantitative estimate of drug-likeness (QED) is 0.658. The van der Waals surface area contributed by atoms with E-state index in [0.29, 0.717) is 16.3 Å². The van der Waals surface area contributed by atoms with E-state index >= 15 is 0 Å². The summed E-state index contributed by atoms with van der Waals surface area (Å²) in [6.07, 6.45) is 0. The highest BCUT2D eigenvalue weighted by Gasteiger charge is 2.12. The van der Waals surface area contributed by atoms with E-state index in [-0.39, 0.29) is 0 Å². The Kier molecular flexibility index (Phi) is 2.97. The highest BCUT2D eigenvalue weighted by Crippen LogP contribution is 2.30. The van der Waals surface area contributed by atoms with Crippen LogP contribution >= 0.6 is 28.1 Å². The summed E-state index contributed by atoms with van der Waals surface area (Å²) < 4.78 is 7.82. The molecule has 0 fully saturated rings. The molecule has 5 nitrogen and oxygen atoms in total. The summed E-state index contributed by atoms with van der Waals surface area (Å²) in [4.78, 5) is 0. The number of nitrogens with one attached hydrogen (secondary N) is 1. The highest BCUT2D eigenvalue weighted by molar-refractivity contribution is 9.10. The third kappa shape index (κ3) is 1.83. The Bertz CT molecular complexity index is 577. The fourth-order valence-corrected chi connectivity index (χ4v) is 1.84. The number of nitrogen functional groups attached to an aromatic ring is 1. The minimum absolute atomic E-state index is 0.358. The van der Waals surface area contributed by atoms with Crippen LogP contribution in [0.5, 0.6) is 5.75 Å². The lowest BCUT2D eigenvalue weighted by atomic mass is 10.2. The molecule has 0 atom stereocenters. The number of ether oxygens (including phenoxy) is 1. The van der Waals surface area contributed by atoms with E-state index in [1.54, 1.807) is 7.11 Å². The van der Waals surface area contributed by atoms with Crippen molar-refractivity contribution in [2.45, 2.75) is 0 Å². The van der Waals surface area contributed by atoms with Crippen molar-refractivity contribution in [1.82, 2.24) is 14.9 Å². The Balaban J connectivity index is 2.67. The zero-order valence-electron chi connectivity index (χ0n) is 8.40. The molecule has 0 bridgehead atoms. The van der Waals surface area contributed by atoms with E-state index in [1.165, 1.54) is 4.68 Å². The van der Waals surface area contributed by atoms with Gasteiger partial charge in [-0.3, -0.25) is 0 Å². The lowest BCUT2D eigenvalue weighted by Crippen LogP contribution is -2.10. The average molecular weight is 301 g/mol. The van der Waals surface area contributed by atoms with Crippen LogP contribution in [0, 0.1) is 4.77 Å². The summed E-state index contributed by atoms with van der Waals surface area (Å²) in [6, 6.07) is 5.58. The number of hydrogen-bond donors (Lipinski definition) is 2. The number of hydrogen-bond acceptors (Lipinski definition) is 4. The van der Waals surface area contributed by atoms with Gasteiger partial charge in [0.05, 0.1) is 12.7 Å². The lowest BCUT2D eigenvalue weighted by Gasteiger charge is -2.07. The average Bonchev–Trinajstić information content (AvgIpc) is 2.60. The first-order valence-corrected chi connectivity index (χ1v) is 5.60. The van der Waals surface area contributed by atoms with Gasteiger partial charge in [-0.15, -0.1) is 0 Å². The molecule has 2 aromatic rings. The van der Waals surface area contributed by atoms with Crippen molar-refractivity contribution >= 4 is 28.1 Å². The highest BCUT2D eigenvalue weighted by atomic mass is 79.9. The molecule has 2 rings (SSSR count). The van der Waals surface area contributed by atoms with Crippen molar-refractivity contribution < 1.29 is 4.74 Å². The minimum Gasteiger partial charge on any atom is -0.496 e. The Hall–Kier alpha value is -1.34. The second-order valence-corrected chi connectivity index (χ2v) is 4.37. The van der Waals surface area contributed by atoms with Gasteiger partial charge in [0, 0.05) is 4.47 Å². The van der Waals surface area contributed by atoms with Crippen LogP contribution in [-0.4, -0.2) is 22.0 Å². The summed E-state index contributed by atoms with van der Waals surface area (Å²) >= 11 is 8.34. The van der Waals surface area contributed by atoms with Gasteiger partial charge in [-0.05, 0) is 30.4 Å². The Morgan fingerprint density at radius 3 is 2.88 bits per heavy atom. The molecule has 0 saturated heterocycles. The summed E-state index contributed by atoms with van der Waals surface area (Å²) in [5.74, 6) is 6.97. The van der Waals surface area contributed by atoms with Crippen molar-refractivity contribution in [3.05, 3.63) is 27.4 Å². The zero-order chi connectivity index (χ0) is 11.7. The number of halogens is 1. The maximum absolute atomic E-state index is 5.76. The summed E-state index contributed by atoms with van der Waals surface area (Å²) in [6.45, 7) is 0. The molecule has 0 amide bonds. The van der Waals surface area contributed by atoms with Crippen LogP contribution in [-0.2, 0) is 0 Å². The second-order valence-electron chi connectivity index (χ2n) is 3.07. The first-order valence-electron chi connectivity index (χ1n) is 4.40. The molecule has 0 aliphatic rings. The van der Waals surface area contributed by atoms with Gasteiger partial charge in [-0.1, -0.05) is 15.9 Å². The standard InChI is InChI=1S/C9H9BrN4OS/c1-15-7-3-2-5(10)4-6(7)8-12-13-9(16)14(8)11/h2-4H,11H2,1H3,(H,13,16). The van der Waals surface area contributed by atoms with Crippen molar-refractivity contribution in [3.8, 4) is 17.1 Å². The van der Waals surface area contributed by atoms with Crippen molar-refractivity contribution in [2.75, 3.05) is 13.0 Å². The molecule has 16 heavy (non-hydrogen) atoms. The second kappa shape index (κ2) is 4.26. The predicted octanol–water partition coefficient (Wildman–Crippen LogP) is 2.09. The van der Waals surface area contributed by atoms with Crippen LogP contribution in [0.2, 0.25) is 0 Å². The first kappa shape index (κ1) is 11.2. The van der Waals surface area contributed by atoms with E-state index in [2.05, 4.69) is 26.1 Å². The number of rotatable bonds is 2. The molecule has 84 valence electrons. The third-order valence-electron chi connectivity index (χ3n) is 2.11. The fraction of sp³-hybridized carbons (Fsp3) is 0.111. The van der Waals surface area contributed by atoms with E-state index in [4.69, 9.17) is 22.8 Å². The Morgan fingerprint density at radius 2 is 2.31 bits per heavy atom. The van der Waals surface area contributed by atoms with Gasteiger partial charge in [-0.25, -0.2) is 9.77 Å². The smallest absolute Gasteiger partial charge is 0.214 e. The maximum atomic E-state index is 5.76. The predicted molar refractivity (Wildman–Crippen MR) is 67.3 cm³/mol. The molecule has 7 heteroatoms. The number of methoxy groups -OCH3 is 1. The van der Waals surface area contributed by atoms with Gasteiger partial charge >= 0.3 is 0 Å². The monoisotopic (exact) mass is 300 g/mol. The van der Waals surface area contributed by atoms with Gasteiger partial charge in [0.25, 0.3) is 0 Å². The molecule has 0 radical (unpaired) electrons. The van der Waals surface area contributed by atoms with Crippen molar-refractivity contribution in [2.24, 2.45) is 0 Å². The van der Waals surface area contributed by atoms with Crippen LogP contribution in [0.1, 0.15) is 0 Å². The number of nitrogens with two attached hydrogens (primary N) is 1. The van der Waals surface area contributed by atoms with E-state index in [9.17, 15) is 0 Å². The van der Waals surface area contributed by atoms with Crippen LogP contribution in [0.15, 0.2) is 22.7 Å². The van der Waals surface area contributed by atoms with Gasteiger partial charge in [0.2, 0.25) is 4.77 Å². The zero-order valence-corrected chi connectivity index (χ0v) is 10.8.